The van der Waals surface area contributed by atoms with Crippen molar-refractivity contribution in [2.24, 2.45) is 5.73 Å². The fraction of sp³-hybridized carbons (Fsp3) is 0.360. The number of hydrogen-bond donors (Lipinski definition) is 5. The van der Waals surface area contributed by atoms with Crippen molar-refractivity contribution >= 4 is 29.4 Å². The molecule has 0 aliphatic rings. The van der Waals surface area contributed by atoms with Crippen LogP contribution in [-0.2, 0) is 9.47 Å². The molecular formula is C25H34N8O3. The van der Waals surface area contributed by atoms with E-state index in [4.69, 9.17) is 15.2 Å². The van der Waals surface area contributed by atoms with E-state index in [0.717, 1.165) is 12.1 Å². The number of para-hydroxylation sites is 1. The van der Waals surface area contributed by atoms with Gasteiger partial charge in [0.05, 0.1) is 26.4 Å². The van der Waals surface area contributed by atoms with Crippen molar-refractivity contribution in [1.82, 2.24) is 20.3 Å². The molecule has 2 aromatic carbocycles. The summed E-state index contributed by atoms with van der Waals surface area (Å²) in [5.41, 5.74) is 7.08. The first-order valence-electron chi connectivity index (χ1n) is 12.0. The number of carbonyl (C=O) groups excluding carboxylic acids is 1. The van der Waals surface area contributed by atoms with Crippen molar-refractivity contribution in [3.63, 3.8) is 0 Å². The zero-order valence-electron chi connectivity index (χ0n) is 20.3. The Morgan fingerprint density at radius 3 is 1.97 bits per heavy atom. The number of hydrogen-bond acceptors (Lipinski definition) is 10. The number of rotatable bonds is 17. The number of ether oxygens (including phenoxy) is 2. The number of benzene rings is 2. The monoisotopic (exact) mass is 494 g/mol. The van der Waals surface area contributed by atoms with Crippen molar-refractivity contribution in [3.8, 4) is 0 Å². The van der Waals surface area contributed by atoms with Crippen LogP contribution in [0.1, 0.15) is 16.8 Å². The molecule has 0 aliphatic heterocycles. The standard InChI is InChI=1S/C25H34N8O3/c26-12-7-13-28-23-31-24(33-25(32-23)30-21-10-5-2-6-11-21)29-15-17-36-19-18-35-16-14-27-22(34)20-8-3-1-4-9-20/h1-6,8-11H,7,12-19,26H2,(H,27,34)(H3,28,29,30,31,32,33). The molecule has 0 saturated heterocycles. The van der Waals surface area contributed by atoms with Crippen LogP contribution in [0.25, 0.3) is 0 Å². The van der Waals surface area contributed by atoms with Gasteiger partial charge in [0.2, 0.25) is 17.8 Å². The summed E-state index contributed by atoms with van der Waals surface area (Å²) < 4.78 is 11.1. The molecule has 0 bridgehead atoms. The molecule has 0 spiro atoms. The van der Waals surface area contributed by atoms with Gasteiger partial charge < -0.3 is 36.5 Å². The summed E-state index contributed by atoms with van der Waals surface area (Å²) in [6.07, 6.45) is 0.811. The van der Waals surface area contributed by atoms with E-state index in [1.807, 2.05) is 48.5 Å². The van der Waals surface area contributed by atoms with Crippen LogP contribution in [0.3, 0.4) is 0 Å². The van der Waals surface area contributed by atoms with Gasteiger partial charge in [-0.1, -0.05) is 36.4 Å². The van der Waals surface area contributed by atoms with Gasteiger partial charge in [-0.15, -0.1) is 0 Å². The van der Waals surface area contributed by atoms with Crippen LogP contribution in [0.2, 0.25) is 0 Å². The van der Waals surface area contributed by atoms with E-state index in [2.05, 4.69) is 36.2 Å². The number of aromatic nitrogens is 3. The predicted octanol–water partition coefficient (Wildman–Crippen LogP) is 2.25. The van der Waals surface area contributed by atoms with Crippen LogP contribution >= 0.6 is 0 Å². The minimum Gasteiger partial charge on any atom is -0.377 e. The van der Waals surface area contributed by atoms with E-state index in [1.165, 1.54) is 0 Å². The van der Waals surface area contributed by atoms with E-state index in [1.54, 1.807) is 12.1 Å². The van der Waals surface area contributed by atoms with Gasteiger partial charge in [-0.3, -0.25) is 4.79 Å². The maximum absolute atomic E-state index is 11.9. The fourth-order valence-electron chi connectivity index (χ4n) is 3.03. The van der Waals surface area contributed by atoms with Crippen LogP contribution in [0.15, 0.2) is 60.7 Å². The van der Waals surface area contributed by atoms with Gasteiger partial charge in [0, 0.05) is 30.9 Å². The Balaban J connectivity index is 1.32. The number of nitrogens with zero attached hydrogens (tertiary/aromatic N) is 3. The Morgan fingerprint density at radius 1 is 0.722 bits per heavy atom. The molecule has 11 heteroatoms. The van der Waals surface area contributed by atoms with E-state index in [0.29, 0.717) is 76.0 Å². The van der Waals surface area contributed by atoms with Gasteiger partial charge in [0.25, 0.3) is 5.91 Å². The van der Waals surface area contributed by atoms with E-state index in [9.17, 15) is 4.79 Å². The molecule has 0 radical (unpaired) electrons. The number of nitrogens with two attached hydrogens (primary N) is 1. The molecular weight excluding hydrogens is 460 g/mol. The van der Waals surface area contributed by atoms with E-state index >= 15 is 0 Å². The molecule has 3 aromatic rings. The summed E-state index contributed by atoms with van der Waals surface area (Å²) in [6.45, 7) is 3.97. The lowest BCUT2D eigenvalue weighted by Gasteiger charge is -2.11. The summed E-state index contributed by atoms with van der Waals surface area (Å²) in [7, 11) is 0. The first-order chi connectivity index (χ1) is 17.7. The summed E-state index contributed by atoms with van der Waals surface area (Å²) in [4.78, 5) is 25.2. The quantitative estimate of drug-likeness (QED) is 0.177. The third kappa shape index (κ3) is 10.2. The SMILES string of the molecule is NCCCNc1nc(NCCOCCOCCNC(=O)c2ccccc2)nc(Nc2ccccc2)n1. The molecule has 1 amide bonds. The molecule has 0 saturated carbocycles. The first kappa shape index (κ1) is 26.8. The topological polar surface area (TPSA) is 148 Å². The largest absolute Gasteiger partial charge is 0.377 e. The molecule has 1 aromatic heterocycles. The first-order valence-corrected chi connectivity index (χ1v) is 12.0. The predicted molar refractivity (Wildman–Crippen MR) is 141 cm³/mol. The van der Waals surface area contributed by atoms with Gasteiger partial charge in [0.15, 0.2) is 0 Å². The van der Waals surface area contributed by atoms with Crippen molar-refractivity contribution in [3.05, 3.63) is 66.2 Å². The van der Waals surface area contributed by atoms with Crippen LogP contribution in [0.5, 0.6) is 0 Å². The zero-order valence-corrected chi connectivity index (χ0v) is 20.3. The van der Waals surface area contributed by atoms with Gasteiger partial charge in [-0.25, -0.2) is 0 Å². The minimum absolute atomic E-state index is 0.111. The maximum Gasteiger partial charge on any atom is 0.251 e. The molecule has 192 valence electrons. The molecule has 36 heavy (non-hydrogen) atoms. The molecule has 1 heterocycles. The number of amides is 1. The fourth-order valence-corrected chi connectivity index (χ4v) is 3.03. The molecule has 0 atom stereocenters. The second-order valence-corrected chi connectivity index (χ2v) is 7.64. The summed E-state index contributed by atoms with van der Waals surface area (Å²) in [6, 6.07) is 18.8. The Kier molecular flexibility index (Phi) is 11.9. The van der Waals surface area contributed by atoms with Crippen LogP contribution in [-0.4, -0.2) is 73.5 Å². The smallest absolute Gasteiger partial charge is 0.251 e. The van der Waals surface area contributed by atoms with E-state index < -0.39 is 0 Å². The second-order valence-electron chi connectivity index (χ2n) is 7.64. The lowest BCUT2D eigenvalue weighted by atomic mass is 10.2. The number of carbonyl (C=O) groups is 1. The Bertz CT molecular complexity index is 1020. The zero-order chi connectivity index (χ0) is 25.3. The van der Waals surface area contributed by atoms with Gasteiger partial charge in [-0.2, -0.15) is 15.0 Å². The number of nitrogens with one attached hydrogen (secondary N) is 4. The van der Waals surface area contributed by atoms with Gasteiger partial charge >= 0.3 is 0 Å². The highest BCUT2D eigenvalue weighted by Crippen LogP contribution is 2.15. The van der Waals surface area contributed by atoms with E-state index in [-0.39, 0.29) is 5.91 Å². The van der Waals surface area contributed by atoms with Crippen molar-refractivity contribution in [2.75, 3.05) is 68.6 Å². The average molecular weight is 495 g/mol. The van der Waals surface area contributed by atoms with Crippen LogP contribution in [0, 0.1) is 0 Å². The Morgan fingerprint density at radius 2 is 1.31 bits per heavy atom. The second kappa shape index (κ2) is 16.0. The highest BCUT2D eigenvalue weighted by Gasteiger charge is 2.07. The molecule has 11 nitrogen and oxygen atoms in total. The lowest BCUT2D eigenvalue weighted by Crippen LogP contribution is -2.27. The minimum atomic E-state index is -0.111. The molecule has 0 fully saturated rings. The normalized spacial score (nSPS) is 10.6. The van der Waals surface area contributed by atoms with Crippen molar-refractivity contribution in [1.29, 1.82) is 0 Å². The van der Waals surface area contributed by atoms with Crippen LogP contribution < -0.4 is 27.0 Å². The summed E-state index contributed by atoms with van der Waals surface area (Å²) in [5, 5.41) is 12.3. The molecule has 6 N–H and O–H groups in total. The Hall–Kier alpha value is -3.80. The highest BCUT2D eigenvalue weighted by molar-refractivity contribution is 5.94. The molecule has 0 unspecified atom stereocenters. The van der Waals surface area contributed by atoms with Crippen LogP contribution in [0.4, 0.5) is 23.5 Å². The van der Waals surface area contributed by atoms with Gasteiger partial charge in [0.1, 0.15) is 0 Å². The third-order valence-electron chi connectivity index (χ3n) is 4.80. The number of anilines is 4. The van der Waals surface area contributed by atoms with Crippen molar-refractivity contribution < 1.29 is 14.3 Å². The van der Waals surface area contributed by atoms with Gasteiger partial charge in [-0.05, 0) is 37.2 Å². The lowest BCUT2D eigenvalue weighted by molar-refractivity contribution is 0.0519. The summed E-state index contributed by atoms with van der Waals surface area (Å²) >= 11 is 0. The van der Waals surface area contributed by atoms with Crippen molar-refractivity contribution in [2.45, 2.75) is 6.42 Å². The molecule has 3 rings (SSSR count). The molecule has 0 aliphatic carbocycles. The maximum atomic E-state index is 11.9. The highest BCUT2D eigenvalue weighted by atomic mass is 16.5. The Labute approximate surface area is 211 Å². The third-order valence-corrected chi connectivity index (χ3v) is 4.80. The summed E-state index contributed by atoms with van der Waals surface area (Å²) in [5.74, 6) is 1.23. The average Bonchev–Trinajstić information content (AvgIpc) is 2.91.